The molecule has 1 saturated carbocycles. The van der Waals surface area contributed by atoms with E-state index in [0.717, 1.165) is 45.3 Å². The van der Waals surface area contributed by atoms with Crippen molar-refractivity contribution in [2.45, 2.75) is 24.7 Å². The molecule has 0 unspecified atom stereocenters. The molecule has 9 heteroatoms. The minimum absolute atomic E-state index is 0.146. The second-order valence-corrected chi connectivity index (χ2v) is 9.71. The number of hydrogen-bond donors (Lipinski definition) is 2. The molecule has 5 rings (SSSR count). The van der Waals surface area contributed by atoms with Crippen LogP contribution in [0.4, 0.5) is 23.1 Å². The summed E-state index contributed by atoms with van der Waals surface area (Å²) in [6.45, 7) is 0. The summed E-state index contributed by atoms with van der Waals surface area (Å²) in [5.41, 5.74) is 2.44. The first-order valence-corrected chi connectivity index (χ1v) is 12.1. The summed E-state index contributed by atoms with van der Waals surface area (Å²) in [6, 6.07) is 17.7. The van der Waals surface area contributed by atoms with Gasteiger partial charge in [-0.05, 0) is 68.7 Å². The van der Waals surface area contributed by atoms with Gasteiger partial charge in [-0.2, -0.15) is 4.98 Å². The van der Waals surface area contributed by atoms with Crippen LogP contribution in [0.15, 0.2) is 71.5 Å². The normalized spacial score (nSPS) is 19.4. The molecule has 0 radical (unpaired) electrons. The number of nitrogens with zero attached hydrogens (tertiary/aromatic N) is 4. The molecule has 0 atom stereocenters. The first-order valence-electron chi connectivity index (χ1n) is 11.3. The molecule has 35 heavy (non-hydrogen) atoms. The van der Waals surface area contributed by atoms with Crippen LogP contribution in [0.1, 0.15) is 12.8 Å². The molecular weight excluding hydrogens is 508 g/mol. The molecule has 180 valence electrons. The molecule has 0 aliphatic heterocycles. The van der Waals surface area contributed by atoms with E-state index in [1.54, 1.807) is 19.5 Å². The van der Waals surface area contributed by atoms with Crippen molar-refractivity contribution in [2.24, 2.45) is 0 Å². The van der Waals surface area contributed by atoms with Crippen LogP contribution < -0.4 is 15.4 Å². The van der Waals surface area contributed by atoms with Gasteiger partial charge in [0.1, 0.15) is 23.4 Å². The number of pyridine rings is 1. The van der Waals surface area contributed by atoms with E-state index in [2.05, 4.69) is 46.4 Å². The van der Waals surface area contributed by atoms with Crippen molar-refractivity contribution in [3.63, 3.8) is 0 Å². The number of nitrogens with one attached hydrogen (secondary N) is 2. The number of ether oxygens (including phenoxy) is 2. The molecule has 0 bridgehead atoms. The first-order chi connectivity index (χ1) is 16.9. The summed E-state index contributed by atoms with van der Waals surface area (Å²) < 4.78 is 12.8. The largest absolute Gasteiger partial charge is 0.490 e. The van der Waals surface area contributed by atoms with Crippen LogP contribution in [-0.4, -0.2) is 52.9 Å². The fraction of sp³-hybridized carbons (Fsp3) is 0.269. The molecule has 1 fully saturated rings. The third kappa shape index (κ3) is 5.22. The van der Waals surface area contributed by atoms with Gasteiger partial charge < -0.3 is 20.1 Å². The van der Waals surface area contributed by atoms with Crippen molar-refractivity contribution in [3.8, 4) is 5.75 Å². The van der Waals surface area contributed by atoms with Crippen LogP contribution in [0.3, 0.4) is 0 Å². The van der Waals surface area contributed by atoms with Crippen LogP contribution in [0, 0.1) is 0 Å². The highest BCUT2D eigenvalue weighted by atomic mass is 79.9. The van der Waals surface area contributed by atoms with Gasteiger partial charge in [-0.3, -0.25) is 9.88 Å². The van der Waals surface area contributed by atoms with Crippen molar-refractivity contribution in [2.75, 3.05) is 31.8 Å². The molecule has 2 aromatic heterocycles. The lowest BCUT2D eigenvalue weighted by Crippen LogP contribution is -2.59. The highest BCUT2D eigenvalue weighted by molar-refractivity contribution is 9.10. The Kier molecular flexibility index (Phi) is 6.55. The van der Waals surface area contributed by atoms with Gasteiger partial charge in [-0.15, -0.1) is 0 Å². The van der Waals surface area contributed by atoms with Gasteiger partial charge in [0.2, 0.25) is 5.95 Å². The summed E-state index contributed by atoms with van der Waals surface area (Å²) in [6.07, 6.45) is 5.33. The summed E-state index contributed by atoms with van der Waals surface area (Å²) in [5.74, 6) is 2.00. The smallest absolute Gasteiger partial charge is 0.229 e. The van der Waals surface area contributed by atoms with Crippen molar-refractivity contribution in [1.29, 1.82) is 0 Å². The van der Waals surface area contributed by atoms with E-state index in [0.29, 0.717) is 11.8 Å². The molecule has 0 saturated heterocycles. The van der Waals surface area contributed by atoms with E-state index in [9.17, 15) is 0 Å². The lowest BCUT2D eigenvalue weighted by Gasteiger charge is -2.50. The maximum atomic E-state index is 6.10. The second-order valence-electron chi connectivity index (χ2n) is 8.79. The number of hydrogen-bond acceptors (Lipinski definition) is 8. The Morgan fingerprint density at radius 3 is 2.51 bits per heavy atom. The fourth-order valence-corrected chi connectivity index (χ4v) is 4.57. The maximum Gasteiger partial charge on any atom is 0.229 e. The average molecular weight is 535 g/mol. The second kappa shape index (κ2) is 9.77. The zero-order valence-electron chi connectivity index (χ0n) is 19.8. The third-order valence-electron chi connectivity index (χ3n) is 6.27. The molecule has 1 aliphatic rings. The number of methoxy groups -OCH3 is 1. The van der Waals surface area contributed by atoms with Crippen molar-refractivity contribution in [3.05, 3.63) is 71.5 Å². The lowest BCUT2D eigenvalue weighted by atomic mass is 9.83. The van der Waals surface area contributed by atoms with Gasteiger partial charge in [-0.25, -0.2) is 4.98 Å². The van der Waals surface area contributed by atoms with Crippen LogP contribution in [0.5, 0.6) is 5.75 Å². The topological polar surface area (TPSA) is 84.4 Å². The SMILES string of the molecule is COC1(N(C)C)CC(Oc2ccc(Nc3nccc(Nc4cnc5ccc(Br)cc5c4)n3)cc2)C1. The molecule has 2 heterocycles. The summed E-state index contributed by atoms with van der Waals surface area (Å²) >= 11 is 3.51. The van der Waals surface area contributed by atoms with E-state index in [1.165, 1.54) is 0 Å². The highest BCUT2D eigenvalue weighted by Crippen LogP contribution is 2.39. The Labute approximate surface area is 212 Å². The van der Waals surface area contributed by atoms with E-state index in [4.69, 9.17) is 9.47 Å². The summed E-state index contributed by atoms with van der Waals surface area (Å²) in [7, 11) is 5.82. The van der Waals surface area contributed by atoms with Gasteiger partial charge in [-0.1, -0.05) is 15.9 Å². The molecule has 0 amide bonds. The predicted octanol–water partition coefficient (Wildman–Crippen LogP) is 5.72. The molecule has 2 aromatic carbocycles. The number of rotatable bonds is 8. The van der Waals surface area contributed by atoms with Gasteiger partial charge in [0.15, 0.2) is 0 Å². The van der Waals surface area contributed by atoms with Gasteiger partial charge in [0.25, 0.3) is 0 Å². The Bertz CT molecular complexity index is 1330. The summed E-state index contributed by atoms with van der Waals surface area (Å²) in [4.78, 5) is 15.5. The van der Waals surface area contributed by atoms with E-state index < -0.39 is 0 Å². The number of fused-ring (bicyclic) bond motifs is 1. The zero-order valence-corrected chi connectivity index (χ0v) is 21.4. The van der Waals surface area contributed by atoms with Crippen LogP contribution in [-0.2, 0) is 4.74 Å². The molecule has 2 N–H and O–H groups in total. The molecule has 8 nitrogen and oxygen atoms in total. The lowest BCUT2D eigenvalue weighted by molar-refractivity contribution is -0.204. The predicted molar refractivity (Wildman–Crippen MR) is 142 cm³/mol. The van der Waals surface area contributed by atoms with Gasteiger partial charge >= 0.3 is 0 Å². The van der Waals surface area contributed by atoms with Gasteiger partial charge in [0.05, 0.1) is 17.4 Å². The standard InChI is InChI=1S/C26H27BrN6O2/c1-33(2)26(34-3)14-22(15-26)35-21-7-5-19(6-8-21)31-25-28-11-10-24(32-25)30-20-13-17-12-18(27)4-9-23(17)29-16-20/h4-13,16,22H,14-15H2,1-3H3,(H2,28,30,31,32). The van der Waals surface area contributed by atoms with Crippen LogP contribution in [0.2, 0.25) is 0 Å². The molecule has 0 spiro atoms. The highest BCUT2D eigenvalue weighted by Gasteiger charge is 2.48. The molecular formula is C26H27BrN6O2. The minimum atomic E-state index is -0.220. The van der Waals surface area contributed by atoms with E-state index in [-0.39, 0.29) is 11.8 Å². The monoisotopic (exact) mass is 534 g/mol. The van der Waals surface area contributed by atoms with Crippen LogP contribution in [0.25, 0.3) is 10.9 Å². The third-order valence-corrected chi connectivity index (χ3v) is 6.77. The van der Waals surface area contributed by atoms with E-state index in [1.807, 2.05) is 68.7 Å². The first kappa shape index (κ1) is 23.5. The van der Waals surface area contributed by atoms with Crippen molar-refractivity contribution >= 4 is 50.0 Å². The minimum Gasteiger partial charge on any atom is -0.490 e. The zero-order chi connectivity index (χ0) is 24.4. The maximum absolute atomic E-state index is 6.10. The van der Waals surface area contributed by atoms with Gasteiger partial charge in [0, 0.05) is 41.7 Å². The quantitative estimate of drug-likeness (QED) is 0.277. The Morgan fingerprint density at radius 2 is 1.77 bits per heavy atom. The Morgan fingerprint density at radius 1 is 0.971 bits per heavy atom. The number of anilines is 4. The fourth-order valence-electron chi connectivity index (χ4n) is 4.20. The summed E-state index contributed by atoms with van der Waals surface area (Å²) in [5, 5.41) is 7.59. The van der Waals surface area contributed by atoms with E-state index >= 15 is 0 Å². The van der Waals surface area contributed by atoms with Crippen molar-refractivity contribution < 1.29 is 9.47 Å². The molecule has 1 aliphatic carbocycles. The number of halogens is 1. The molecule has 4 aromatic rings. The van der Waals surface area contributed by atoms with Crippen LogP contribution >= 0.6 is 15.9 Å². The Hall–Kier alpha value is -3.27. The number of benzene rings is 2. The Balaban J connectivity index is 1.20. The number of aromatic nitrogens is 3. The average Bonchev–Trinajstić information content (AvgIpc) is 2.82. The van der Waals surface area contributed by atoms with Crippen molar-refractivity contribution in [1.82, 2.24) is 19.9 Å².